The first kappa shape index (κ1) is 12.8. The molecule has 0 saturated heterocycles. The molecular weight excluding hydrogens is 272 g/mol. The number of hydrogen-bond donors (Lipinski definition) is 2. The van der Waals surface area contributed by atoms with Crippen LogP contribution < -0.4 is 5.73 Å². The van der Waals surface area contributed by atoms with Gasteiger partial charge in [-0.2, -0.15) is 0 Å². The second-order valence-corrected chi connectivity index (χ2v) is 5.59. The molecule has 0 fully saturated rings. The van der Waals surface area contributed by atoms with E-state index in [-0.39, 0.29) is 5.75 Å². The average molecular weight is 288 g/mol. The normalized spacial score (nSPS) is 11.3. The van der Waals surface area contributed by atoms with Gasteiger partial charge < -0.3 is 15.4 Å². The molecular formula is C19H16N2O. The molecule has 0 aliphatic rings. The topological polar surface area (TPSA) is 51.2 Å². The number of phenolic OH excluding ortho intramolecular Hbond substituents is 1. The number of phenols is 1. The van der Waals surface area contributed by atoms with Crippen LogP contribution in [-0.2, 0) is 7.05 Å². The van der Waals surface area contributed by atoms with Crippen molar-refractivity contribution in [3.05, 3.63) is 60.7 Å². The van der Waals surface area contributed by atoms with Crippen LogP contribution in [0.2, 0.25) is 0 Å². The Bertz CT molecular complexity index is 997. The Labute approximate surface area is 128 Å². The van der Waals surface area contributed by atoms with Crippen LogP contribution in [0.1, 0.15) is 0 Å². The summed E-state index contributed by atoms with van der Waals surface area (Å²) in [5.41, 5.74) is 11.3. The Hall–Kier alpha value is -2.94. The van der Waals surface area contributed by atoms with Crippen LogP contribution in [0.15, 0.2) is 60.7 Å². The number of benzene rings is 3. The number of aryl methyl sites for hydroxylation is 1. The molecule has 1 heterocycles. The van der Waals surface area contributed by atoms with E-state index in [1.165, 1.54) is 10.9 Å². The van der Waals surface area contributed by atoms with Crippen LogP contribution >= 0.6 is 0 Å². The van der Waals surface area contributed by atoms with Gasteiger partial charge in [-0.15, -0.1) is 0 Å². The van der Waals surface area contributed by atoms with Crippen LogP contribution in [0.3, 0.4) is 0 Å². The van der Waals surface area contributed by atoms with Gasteiger partial charge in [-0.1, -0.05) is 30.3 Å². The summed E-state index contributed by atoms with van der Waals surface area (Å²) in [7, 11) is 2.07. The van der Waals surface area contributed by atoms with Crippen molar-refractivity contribution in [2.45, 2.75) is 0 Å². The largest absolute Gasteiger partial charge is 0.508 e. The minimum atomic E-state index is 0.265. The molecule has 0 bridgehead atoms. The van der Waals surface area contributed by atoms with Crippen molar-refractivity contribution in [3.8, 4) is 16.9 Å². The van der Waals surface area contributed by atoms with E-state index in [1.807, 2.05) is 36.4 Å². The van der Waals surface area contributed by atoms with E-state index in [9.17, 15) is 5.11 Å². The molecule has 3 heteroatoms. The number of nitrogens with zero attached hydrogens (tertiary/aromatic N) is 1. The van der Waals surface area contributed by atoms with E-state index in [2.05, 4.69) is 23.7 Å². The molecule has 0 unspecified atom stereocenters. The fourth-order valence-corrected chi connectivity index (χ4v) is 3.20. The summed E-state index contributed by atoms with van der Waals surface area (Å²) in [5, 5.41) is 11.9. The van der Waals surface area contributed by atoms with Crippen molar-refractivity contribution in [3.63, 3.8) is 0 Å². The van der Waals surface area contributed by atoms with Crippen LogP contribution in [0.25, 0.3) is 32.9 Å². The summed E-state index contributed by atoms with van der Waals surface area (Å²) in [5.74, 6) is 0.265. The van der Waals surface area contributed by atoms with Crippen molar-refractivity contribution in [2.75, 3.05) is 5.73 Å². The van der Waals surface area contributed by atoms with Crippen molar-refractivity contribution < 1.29 is 5.11 Å². The number of nitrogens with two attached hydrogens (primary N) is 1. The molecule has 3 nitrogen and oxygen atoms in total. The van der Waals surface area contributed by atoms with Gasteiger partial charge in [-0.05, 0) is 35.9 Å². The highest BCUT2D eigenvalue weighted by atomic mass is 16.3. The van der Waals surface area contributed by atoms with Crippen LogP contribution in [0.5, 0.6) is 5.75 Å². The molecule has 0 radical (unpaired) electrons. The standard InChI is InChI=1S/C19H16N2O/c1-21-18-5-3-2-4-15(18)17-11-13(20)10-16(19(17)21)12-6-8-14(22)9-7-12/h2-11,22H,20H2,1H3. The Morgan fingerprint density at radius 2 is 1.64 bits per heavy atom. The van der Waals surface area contributed by atoms with E-state index in [1.54, 1.807) is 12.1 Å². The number of nitrogen functional groups attached to an aromatic ring is 1. The van der Waals surface area contributed by atoms with Crippen molar-refractivity contribution in [2.24, 2.45) is 7.05 Å². The molecule has 0 saturated carbocycles. The Morgan fingerprint density at radius 3 is 2.41 bits per heavy atom. The van der Waals surface area contributed by atoms with E-state index in [0.29, 0.717) is 0 Å². The van der Waals surface area contributed by atoms with Gasteiger partial charge in [0.25, 0.3) is 0 Å². The predicted molar refractivity (Wildman–Crippen MR) is 91.9 cm³/mol. The minimum Gasteiger partial charge on any atom is -0.508 e. The highest BCUT2D eigenvalue weighted by Gasteiger charge is 2.13. The monoisotopic (exact) mass is 288 g/mol. The quantitative estimate of drug-likeness (QED) is 0.513. The van der Waals surface area contributed by atoms with Gasteiger partial charge in [-0.25, -0.2) is 0 Å². The fourth-order valence-electron chi connectivity index (χ4n) is 3.20. The third-order valence-electron chi connectivity index (χ3n) is 4.20. The first-order valence-electron chi connectivity index (χ1n) is 7.21. The van der Waals surface area contributed by atoms with Gasteiger partial charge in [0.1, 0.15) is 5.75 Å². The molecule has 0 aliphatic heterocycles. The number of aromatic nitrogens is 1. The zero-order chi connectivity index (χ0) is 15.3. The summed E-state index contributed by atoms with van der Waals surface area (Å²) < 4.78 is 2.20. The van der Waals surface area contributed by atoms with Gasteiger partial charge in [-0.3, -0.25) is 0 Å². The number of aromatic hydroxyl groups is 1. The molecule has 0 amide bonds. The molecule has 108 valence electrons. The maximum Gasteiger partial charge on any atom is 0.115 e. The van der Waals surface area contributed by atoms with Crippen LogP contribution in [0.4, 0.5) is 5.69 Å². The Morgan fingerprint density at radius 1 is 0.909 bits per heavy atom. The van der Waals surface area contributed by atoms with E-state index in [0.717, 1.165) is 27.7 Å². The van der Waals surface area contributed by atoms with Crippen molar-refractivity contribution >= 4 is 27.5 Å². The second kappa shape index (κ2) is 4.53. The highest BCUT2D eigenvalue weighted by Crippen LogP contribution is 2.37. The summed E-state index contributed by atoms with van der Waals surface area (Å²) in [6.07, 6.45) is 0. The zero-order valence-electron chi connectivity index (χ0n) is 12.2. The SMILES string of the molecule is Cn1c2ccccc2c2cc(N)cc(-c3ccc(O)cc3)c21. The Kier molecular flexibility index (Phi) is 2.63. The Balaban J connectivity index is 2.16. The first-order valence-corrected chi connectivity index (χ1v) is 7.21. The number of hydrogen-bond acceptors (Lipinski definition) is 2. The third kappa shape index (κ3) is 1.76. The average Bonchev–Trinajstić information content (AvgIpc) is 2.81. The number of para-hydroxylation sites is 1. The van der Waals surface area contributed by atoms with Gasteiger partial charge in [0.2, 0.25) is 0 Å². The fraction of sp³-hybridized carbons (Fsp3) is 0.0526. The van der Waals surface area contributed by atoms with E-state index >= 15 is 0 Å². The van der Waals surface area contributed by atoms with E-state index in [4.69, 9.17) is 5.73 Å². The minimum absolute atomic E-state index is 0.265. The number of anilines is 1. The molecule has 4 rings (SSSR count). The van der Waals surface area contributed by atoms with Gasteiger partial charge in [0.15, 0.2) is 0 Å². The molecule has 0 spiro atoms. The molecule has 22 heavy (non-hydrogen) atoms. The summed E-state index contributed by atoms with van der Waals surface area (Å²) in [4.78, 5) is 0. The van der Waals surface area contributed by atoms with Crippen LogP contribution in [0, 0.1) is 0 Å². The maximum absolute atomic E-state index is 9.51. The number of rotatable bonds is 1. The lowest BCUT2D eigenvalue weighted by Gasteiger charge is -2.08. The smallest absolute Gasteiger partial charge is 0.115 e. The summed E-state index contributed by atoms with van der Waals surface area (Å²) >= 11 is 0. The maximum atomic E-state index is 9.51. The molecule has 3 aromatic carbocycles. The molecule has 0 atom stereocenters. The van der Waals surface area contributed by atoms with Crippen LogP contribution in [-0.4, -0.2) is 9.67 Å². The van der Waals surface area contributed by atoms with Crippen molar-refractivity contribution in [1.82, 2.24) is 4.57 Å². The lowest BCUT2D eigenvalue weighted by molar-refractivity contribution is 0.475. The van der Waals surface area contributed by atoms with Gasteiger partial charge in [0.05, 0.1) is 5.52 Å². The predicted octanol–water partition coefficient (Wildman–Crippen LogP) is 4.29. The summed E-state index contributed by atoms with van der Waals surface area (Å²) in [6, 6.07) is 19.6. The second-order valence-electron chi connectivity index (χ2n) is 5.59. The molecule has 4 aromatic rings. The highest BCUT2D eigenvalue weighted by molar-refractivity contribution is 6.13. The zero-order valence-corrected chi connectivity index (χ0v) is 12.2. The third-order valence-corrected chi connectivity index (χ3v) is 4.20. The first-order chi connectivity index (χ1) is 10.6. The molecule has 3 N–H and O–H groups in total. The van der Waals surface area contributed by atoms with E-state index < -0.39 is 0 Å². The molecule has 1 aromatic heterocycles. The van der Waals surface area contributed by atoms with Crippen molar-refractivity contribution in [1.29, 1.82) is 0 Å². The lowest BCUT2D eigenvalue weighted by atomic mass is 10.0. The van der Waals surface area contributed by atoms with Gasteiger partial charge in [0, 0.05) is 34.6 Å². The lowest BCUT2D eigenvalue weighted by Crippen LogP contribution is -1.92. The van der Waals surface area contributed by atoms with Gasteiger partial charge >= 0.3 is 0 Å². The number of fused-ring (bicyclic) bond motifs is 3. The summed E-state index contributed by atoms with van der Waals surface area (Å²) in [6.45, 7) is 0. The molecule has 0 aliphatic carbocycles.